The minimum atomic E-state index is -0.368. The molecule has 5 heteroatoms. The Bertz CT molecular complexity index is 762. The minimum absolute atomic E-state index is 0.0797. The van der Waals surface area contributed by atoms with E-state index in [9.17, 15) is 9.18 Å². The Labute approximate surface area is 133 Å². The van der Waals surface area contributed by atoms with Crippen LogP contribution in [0, 0.1) is 29.0 Å². The lowest BCUT2D eigenvalue weighted by Crippen LogP contribution is -2.51. The van der Waals surface area contributed by atoms with Crippen LogP contribution in [0.3, 0.4) is 0 Å². The quantitative estimate of drug-likeness (QED) is 0.907. The number of hydrogen-bond acceptors (Lipinski definition) is 3. The highest BCUT2D eigenvalue weighted by atomic mass is 19.1. The van der Waals surface area contributed by atoms with Crippen molar-refractivity contribution in [1.29, 1.82) is 0 Å². The van der Waals surface area contributed by atoms with Crippen LogP contribution < -0.4 is 5.32 Å². The molecule has 0 saturated heterocycles. The van der Waals surface area contributed by atoms with Gasteiger partial charge in [0, 0.05) is 6.07 Å². The molecule has 0 spiro atoms. The van der Waals surface area contributed by atoms with E-state index in [1.54, 1.807) is 6.07 Å². The Morgan fingerprint density at radius 1 is 1.17 bits per heavy atom. The Morgan fingerprint density at radius 2 is 1.83 bits per heavy atom. The second-order valence-electron chi connectivity index (χ2n) is 7.82. The number of nitrogens with one attached hydrogen (secondary N) is 1. The number of nitrogens with zero attached hydrogens (tertiary/aromatic N) is 1. The smallest absolute Gasteiger partial charge is 0.231 e. The first-order valence-corrected chi connectivity index (χ1v) is 8.48. The van der Waals surface area contributed by atoms with Gasteiger partial charge in [-0.1, -0.05) is 5.16 Å². The summed E-state index contributed by atoms with van der Waals surface area (Å²) in [6, 6.07) is 4.26. The molecule has 0 aliphatic heterocycles. The number of anilines is 1. The van der Waals surface area contributed by atoms with Crippen molar-refractivity contribution >= 4 is 22.7 Å². The molecule has 6 rings (SSSR count). The molecule has 120 valence electrons. The summed E-state index contributed by atoms with van der Waals surface area (Å²) in [5.41, 5.74) is 0.144. The van der Waals surface area contributed by atoms with Crippen molar-refractivity contribution in [2.45, 2.75) is 38.5 Å². The van der Waals surface area contributed by atoms with E-state index in [0.717, 1.165) is 37.0 Å². The average Bonchev–Trinajstić information content (AvgIpc) is 2.88. The van der Waals surface area contributed by atoms with Crippen LogP contribution >= 0.6 is 0 Å². The van der Waals surface area contributed by atoms with Crippen LogP contribution in [0.15, 0.2) is 22.7 Å². The number of amides is 1. The SMILES string of the molecule is O=C(Nc1noc2cc(F)ccc12)C12CC3CC(CC(C3)C1)C2. The van der Waals surface area contributed by atoms with Gasteiger partial charge in [0.15, 0.2) is 11.4 Å². The molecule has 1 heterocycles. The fraction of sp³-hybridized carbons (Fsp3) is 0.556. The summed E-state index contributed by atoms with van der Waals surface area (Å²) in [6.07, 6.45) is 6.94. The maximum atomic E-state index is 13.2. The molecule has 4 nitrogen and oxygen atoms in total. The molecule has 1 N–H and O–H groups in total. The molecule has 1 amide bonds. The first-order valence-electron chi connectivity index (χ1n) is 8.48. The van der Waals surface area contributed by atoms with Gasteiger partial charge in [0.25, 0.3) is 0 Å². The third-order valence-corrected chi connectivity index (χ3v) is 6.19. The topological polar surface area (TPSA) is 55.1 Å². The van der Waals surface area contributed by atoms with Gasteiger partial charge in [0.1, 0.15) is 5.82 Å². The second-order valence-corrected chi connectivity index (χ2v) is 7.82. The summed E-state index contributed by atoms with van der Waals surface area (Å²) >= 11 is 0. The molecule has 2 aromatic rings. The molecule has 4 bridgehead atoms. The Kier molecular flexibility index (Phi) is 2.68. The zero-order chi connectivity index (χ0) is 15.6. The van der Waals surface area contributed by atoms with Crippen molar-refractivity contribution in [3.05, 3.63) is 24.0 Å². The van der Waals surface area contributed by atoms with E-state index in [1.165, 1.54) is 31.4 Å². The first kappa shape index (κ1) is 13.5. The summed E-state index contributed by atoms with van der Waals surface area (Å²) in [5, 5.41) is 7.56. The van der Waals surface area contributed by atoms with Crippen LogP contribution in [-0.4, -0.2) is 11.1 Å². The van der Waals surface area contributed by atoms with Crippen LogP contribution in [0.25, 0.3) is 11.0 Å². The number of carbonyl (C=O) groups excluding carboxylic acids is 1. The summed E-state index contributed by atoms with van der Waals surface area (Å²) < 4.78 is 18.4. The van der Waals surface area contributed by atoms with Gasteiger partial charge in [-0.15, -0.1) is 0 Å². The first-order chi connectivity index (χ1) is 11.1. The highest BCUT2D eigenvalue weighted by molar-refractivity contribution is 6.01. The predicted molar refractivity (Wildman–Crippen MR) is 83.2 cm³/mol. The Hall–Kier alpha value is -1.91. The van der Waals surface area contributed by atoms with Crippen molar-refractivity contribution in [2.24, 2.45) is 23.2 Å². The van der Waals surface area contributed by atoms with Crippen molar-refractivity contribution in [3.63, 3.8) is 0 Å². The van der Waals surface area contributed by atoms with Crippen LogP contribution in [0.2, 0.25) is 0 Å². The fourth-order valence-electron chi connectivity index (χ4n) is 5.63. The summed E-state index contributed by atoms with van der Waals surface area (Å²) in [5.74, 6) is 2.28. The molecule has 0 unspecified atom stereocenters. The lowest BCUT2D eigenvalue weighted by Gasteiger charge is -2.55. The molecule has 0 radical (unpaired) electrons. The van der Waals surface area contributed by atoms with E-state index in [0.29, 0.717) is 16.8 Å². The largest absolute Gasteiger partial charge is 0.354 e. The molecule has 1 aromatic heterocycles. The highest BCUT2D eigenvalue weighted by Gasteiger charge is 2.54. The van der Waals surface area contributed by atoms with Crippen LogP contribution in [-0.2, 0) is 4.79 Å². The fourth-order valence-corrected chi connectivity index (χ4v) is 5.63. The third kappa shape index (κ3) is 2.02. The molecule has 1 aromatic carbocycles. The number of halogens is 1. The average molecular weight is 314 g/mol. The van der Waals surface area contributed by atoms with Crippen molar-refractivity contribution in [1.82, 2.24) is 5.16 Å². The van der Waals surface area contributed by atoms with Crippen LogP contribution in [0.5, 0.6) is 0 Å². The van der Waals surface area contributed by atoms with Crippen LogP contribution in [0.4, 0.5) is 10.2 Å². The van der Waals surface area contributed by atoms with Gasteiger partial charge in [-0.05, 0) is 68.4 Å². The highest BCUT2D eigenvalue weighted by Crippen LogP contribution is 2.60. The maximum Gasteiger partial charge on any atom is 0.231 e. The van der Waals surface area contributed by atoms with E-state index >= 15 is 0 Å². The monoisotopic (exact) mass is 314 g/mol. The van der Waals surface area contributed by atoms with Crippen molar-refractivity contribution in [3.8, 4) is 0 Å². The summed E-state index contributed by atoms with van der Waals surface area (Å²) in [7, 11) is 0. The minimum Gasteiger partial charge on any atom is -0.354 e. The summed E-state index contributed by atoms with van der Waals surface area (Å²) in [4.78, 5) is 13.0. The number of benzene rings is 1. The van der Waals surface area contributed by atoms with Gasteiger partial charge in [-0.25, -0.2) is 4.39 Å². The van der Waals surface area contributed by atoms with Crippen molar-refractivity contribution in [2.75, 3.05) is 5.32 Å². The zero-order valence-corrected chi connectivity index (χ0v) is 12.8. The number of carbonyl (C=O) groups is 1. The number of aromatic nitrogens is 1. The number of fused-ring (bicyclic) bond motifs is 1. The standard InChI is InChI=1S/C18H19FN2O2/c19-13-1-2-14-15(6-13)23-21-16(14)20-17(22)18-7-10-3-11(8-18)5-12(4-10)9-18/h1-2,6,10-12H,3-5,7-9H2,(H,20,21,22). The van der Waals surface area contributed by atoms with Gasteiger partial charge < -0.3 is 9.84 Å². The van der Waals surface area contributed by atoms with Gasteiger partial charge in [0.05, 0.1) is 10.8 Å². The predicted octanol–water partition coefficient (Wildman–Crippen LogP) is 4.12. The van der Waals surface area contributed by atoms with E-state index in [2.05, 4.69) is 10.5 Å². The molecular weight excluding hydrogens is 295 g/mol. The van der Waals surface area contributed by atoms with E-state index < -0.39 is 0 Å². The van der Waals surface area contributed by atoms with Crippen molar-refractivity contribution < 1.29 is 13.7 Å². The van der Waals surface area contributed by atoms with E-state index in [-0.39, 0.29) is 17.1 Å². The molecular formula is C18H19FN2O2. The summed E-state index contributed by atoms with van der Waals surface area (Å²) in [6.45, 7) is 0. The Morgan fingerprint density at radius 3 is 2.48 bits per heavy atom. The molecule has 4 fully saturated rings. The molecule has 0 atom stereocenters. The second kappa shape index (κ2) is 4.56. The number of hydrogen-bond donors (Lipinski definition) is 1. The van der Waals surface area contributed by atoms with Gasteiger partial charge in [-0.2, -0.15) is 0 Å². The molecule has 4 aliphatic carbocycles. The van der Waals surface area contributed by atoms with E-state index in [4.69, 9.17) is 4.52 Å². The number of rotatable bonds is 2. The Balaban J connectivity index is 1.44. The van der Waals surface area contributed by atoms with Crippen LogP contribution in [0.1, 0.15) is 38.5 Å². The lowest BCUT2D eigenvalue weighted by molar-refractivity contribution is -0.140. The van der Waals surface area contributed by atoms with Gasteiger partial charge in [0.2, 0.25) is 5.91 Å². The van der Waals surface area contributed by atoms with Gasteiger partial charge >= 0.3 is 0 Å². The molecule has 4 saturated carbocycles. The normalized spacial score (nSPS) is 34.9. The third-order valence-electron chi connectivity index (χ3n) is 6.19. The maximum absolute atomic E-state index is 13.2. The molecule has 4 aliphatic rings. The van der Waals surface area contributed by atoms with Gasteiger partial charge in [-0.3, -0.25) is 4.79 Å². The lowest BCUT2D eigenvalue weighted by atomic mass is 9.49. The van der Waals surface area contributed by atoms with E-state index in [1.807, 2.05) is 0 Å². The molecule has 23 heavy (non-hydrogen) atoms. The zero-order valence-electron chi connectivity index (χ0n) is 12.8.